The van der Waals surface area contributed by atoms with Crippen LogP contribution in [0.3, 0.4) is 0 Å². The molecule has 5 rings (SSSR count). The summed E-state index contributed by atoms with van der Waals surface area (Å²) in [6.07, 6.45) is 21.8. The van der Waals surface area contributed by atoms with Crippen molar-refractivity contribution in [3.8, 4) is 23.0 Å². The normalized spacial score (nSPS) is 12.4. The highest BCUT2D eigenvalue weighted by molar-refractivity contribution is 5.56. The fourth-order valence-electron chi connectivity index (χ4n) is 8.04. The van der Waals surface area contributed by atoms with Gasteiger partial charge in [-0.15, -0.1) is 0 Å². The smallest absolute Gasteiger partial charge is 0.126 e. The standard InChI is InChI=1S/C52H72O4/c1-5-9-13-17-33-53-49-41-25-21-26-42(49)38-44-28-23-30-46(51(44)55-35-19-15-11-7-3)40-48-32-24-31-47(52(48)56-36-20-16-12-8-4)39-45-29-22-27-43(37-41)50(45)54-34-18-14-10-6-2/h21-32H,5-20,33-40H2,1-4H3. The van der Waals surface area contributed by atoms with Gasteiger partial charge in [-0.1, -0.05) is 178 Å². The van der Waals surface area contributed by atoms with Gasteiger partial charge in [-0.3, -0.25) is 0 Å². The van der Waals surface area contributed by atoms with Crippen LogP contribution in [-0.2, 0) is 25.7 Å². The van der Waals surface area contributed by atoms with Crippen molar-refractivity contribution in [3.63, 3.8) is 0 Å². The van der Waals surface area contributed by atoms with Crippen molar-refractivity contribution < 1.29 is 18.9 Å². The van der Waals surface area contributed by atoms with Crippen LogP contribution in [0.1, 0.15) is 175 Å². The Labute approximate surface area is 340 Å². The highest BCUT2D eigenvalue weighted by Gasteiger charge is 2.22. The van der Waals surface area contributed by atoms with Gasteiger partial charge in [0.2, 0.25) is 0 Å². The number of para-hydroxylation sites is 4. The largest absolute Gasteiger partial charge is 0.493 e. The Morgan fingerprint density at radius 2 is 0.482 bits per heavy atom. The fourth-order valence-corrected chi connectivity index (χ4v) is 8.04. The molecule has 4 heteroatoms. The van der Waals surface area contributed by atoms with E-state index in [0.717, 1.165) is 101 Å². The Morgan fingerprint density at radius 1 is 0.286 bits per heavy atom. The zero-order valence-electron chi connectivity index (χ0n) is 35.5. The maximum atomic E-state index is 6.85. The van der Waals surface area contributed by atoms with Crippen LogP contribution < -0.4 is 18.9 Å². The lowest BCUT2D eigenvalue weighted by Gasteiger charge is -2.23. The lowest BCUT2D eigenvalue weighted by molar-refractivity contribution is 0.293. The van der Waals surface area contributed by atoms with Gasteiger partial charge in [0.05, 0.1) is 26.4 Å². The van der Waals surface area contributed by atoms with Crippen LogP contribution in [-0.4, -0.2) is 26.4 Å². The number of unbranched alkanes of at least 4 members (excludes halogenated alkanes) is 12. The number of fused-ring (bicyclic) bond motifs is 8. The monoisotopic (exact) mass is 761 g/mol. The molecule has 8 bridgehead atoms. The number of rotatable bonds is 24. The van der Waals surface area contributed by atoms with Crippen molar-refractivity contribution in [1.29, 1.82) is 0 Å². The average Bonchev–Trinajstić information content (AvgIpc) is 3.20. The summed E-state index contributed by atoms with van der Waals surface area (Å²) in [6.45, 7) is 12.0. The van der Waals surface area contributed by atoms with E-state index in [4.69, 9.17) is 18.9 Å². The molecular weight excluding hydrogens is 689 g/mol. The van der Waals surface area contributed by atoms with Gasteiger partial charge in [-0.05, 0) is 70.2 Å². The average molecular weight is 761 g/mol. The van der Waals surface area contributed by atoms with E-state index in [0.29, 0.717) is 0 Å². The second-order valence-corrected chi connectivity index (χ2v) is 16.0. The SMILES string of the molecule is CCCCCCOc1c2cccc1Cc1cccc(c1OCCCCCC)Cc1cccc(c1OCCCCCC)Cc1cccc(c1OCCCCCC)C2. The Kier molecular flexibility index (Phi) is 19.0. The molecule has 56 heavy (non-hydrogen) atoms. The molecule has 0 aromatic heterocycles. The van der Waals surface area contributed by atoms with Crippen LogP contribution >= 0.6 is 0 Å². The molecule has 0 spiro atoms. The highest BCUT2D eigenvalue weighted by atomic mass is 16.5. The van der Waals surface area contributed by atoms with E-state index in [2.05, 4.69) is 100 Å². The van der Waals surface area contributed by atoms with Crippen LogP contribution in [0.25, 0.3) is 0 Å². The zero-order chi connectivity index (χ0) is 39.2. The lowest BCUT2D eigenvalue weighted by atomic mass is 9.91. The fraction of sp³-hybridized carbons (Fsp3) is 0.538. The second kappa shape index (κ2) is 24.7. The van der Waals surface area contributed by atoms with Crippen LogP contribution in [0.4, 0.5) is 0 Å². The predicted molar refractivity (Wildman–Crippen MR) is 236 cm³/mol. The van der Waals surface area contributed by atoms with Gasteiger partial charge in [0.25, 0.3) is 0 Å². The first-order chi connectivity index (χ1) is 27.7. The summed E-state index contributed by atoms with van der Waals surface area (Å²) >= 11 is 0. The topological polar surface area (TPSA) is 36.9 Å². The molecule has 4 nitrogen and oxygen atoms in total. The van der Waals surface area contributed by atoms with Gasteiger partial charge in [-0.25, -0.2) is 0 Å². The molecule has 0 heterocycles. The van der Waals surface area contributed by atoms with Crippen molar-refractivity contribution in [1.82, 2.24) is 0 Å². The molecular formula is C52H72O4. The quantitative estimate of drug-likeness (QED) is 0.0587. The molecule has 4 aromatic rings. The maximum absolute atomic E-state index is 6.85. The predicted octanol–water partition coefficient (Wildman–Crippen LogP) is 14.2. The molecule has 0 radical (unpaired) electrons. The minimum absolute atomic E-state index is 0.724. The van der Waals surface area contributed by atoms with E-state index in [1.165, 1.54) is 122 Å². The molecule has 0 aliphatic heterocycles. The first-order valence-corrected chi connectivity index (χ1v) is 22.6. The summed E-state index contributed by atoms with van der Waals surface area (Å²) in [4.78, 5) is 0. The molecule has 0 N–H and O–H groups in total. The van der Waals surface area contributed by atoms with Crippen molar-refractivity contribution in [2.24, 2.45) is 0 Å². The van der Waals surface area contributed by atoms with Crippen LogP contribution in [0.2, 0.25) is 0 Å². The Hall–Kier alpha value is -3.92. The van der Waals surface area contributed by atoms with E-state index in [1.807, 2.05) is 0 Å². The second-order valence-electron chi connectivity index (χ2n) is 16.0. The van der Waals surface area contributed by atoms with E-state index in [9.17, 15) is 0 Å². The molecule has 0 atom stereocenters. The van der Waals surface area contributed by atoms with Gasteiger partial charge in [0, 0.05) is 25.7 Å². The zero-order valence-corrected chi connectivity index (χ0v) is 35.5. The first kappa shape index (κ1) is 43.2. The molecule has 0 saturated heterocycles. The molecule has 0 fully saturated rings. The number of benzene rings is 4. The molecule has 1 aliphatic carbocycles. The van der Waals surface area contributed by atoms with E-state index in [-0.39, 0.29) is 0 Å². The van der Waals surface area contributed by atoms with Gasteiger partial charge in [-0.2, -0.15) is 0 Å². The minimum Gasteiger partial charge on any atom is -0.493 e. The third kappa shape index (κ3) is 13.1. The summed E-state index contributed by atoms with van der Waals surface area (Å²) in [5.74, 6) is 4.11. The number of ether oxygens (including phenoxy) is 4. The van der Waals surface area contributed by atoms with Crippen LogP contribution in [0.5, 0.6) is 23.0 Å². The van der Waals surface area contributed by atoms with Gasteiger partial charge >= 0.3 is 0 Å². The van der Waals surface area contributed by atoms with Gasteiger partial charge in [0.15, 0.2) is 0 Å². The molecule has 4 aromatic carbocycles. The maximum Gasteiger partial charge on any atom is 0.126 e. The third-order valence-corrected chi connectivity index (χ3v) is 11.2. The van der Waals surface area contributed by atoms with Crippen molar-refractivity contribution in [2.45, 2.75) is 156 Å². The lowest BCUT2D eigenvalue weighted by Crippen LogP contribution is -2.10. The molecule has 304 valence electrons. The molecule has 0 saturated carbocycles. The van der Waals surface area contributed by atoms with Gasteiger partial charge in [0.1, 0.15) is 23.0 Å². The van der Waals surface area contributed by atoms with Crippen molar-refractivity contribution >= 4 is 0 Å². The minimum atomic E-state index is 0.724. The molecule has 0 unspecified atom stereocenters. The van der Waals surface area contributed by atoms with E-state index < -0.39 is 0 Å². The summed E-state index contributed by atoms with van der Waals surface area (Å²) in [5.41, 5.74) is 9.74. The van der Waals surface area contributed by atoms with E-state index >= 15 is 0 Å². The Bertz CT molecular complexity index is 1390. The highest BCUT2D eigenvalue weighted by Crippen LogP contribution is 2.39. The number of hydrogen-bond acceptors (Lipinski definition) is 4. The Morgan fingerprint density at radius 3 is 0.661 bits per heavy atom. The van der Waals surface area contributed by atoms with Crippen LogP contribution in [0, 0.1) is 0 Å². The number of hydrogen-bond donors (Lipinski definition) is 0. The van der Waals surface area contributed by atoms with Crippen LogP contribution in [0.15, 0.2) is 72.8 Å². The Balaban J connectivity index is 1.63. The summed E-state index contributed by atoms with van der Waals surface area (Å²) < 4.78 is 27.4. The summed E-state index contributed by atoms with van der Waals surface area (Å²) in [5, 5.41) is 0. The van der Waals surface area contributed by atoms with Crippen molar-refractivity contribution in [2.75, 3.05) is 26.4 Å². The van der Waals surface area contributed by atoms with E-state index in [1.54, 1.807) is 0 Å². The van der Waals surface area contributed by atoms with Crippen molar-refractivity contribution in [3.05, 3.63) is 117 Å². The van der Waals surface area contributed by atoms with Gasteiger partial charge < -0.3 is 18.9 Å². The first-order valence-electron chi connectivity index (χ1n) is 22.6. The summed E-state index contributed by atoms with van der Waals surface area (Å²) in [6, 6.07) is 27.0. The summed E-state index contributed by atoms with van der Waals surface area (Å²) in [7, 11) is 0. The third-order valence-electron chi connectivity index (χ3n) is 11.2. The molecule has 0 amide bonds. The molecule has 1 aliphatic rings.